The van der Waals surface area contributed by atoms with E-state index in [9.17, 15) is 9.59 Å². The van der Waals surface area contributed by atoms with Crippen LogP contribution in [0.4, 0.5) is 10.5 Å². The van der Waals surface area contributed by atoms with E-state index in [1.165, 1.54) is 12.4 Å². The number of pyridine rings is 1. The second-order valence-corrected chi connectivity index (χ2v) is 2.99. The maximum Gasteiger partial charge on any atom is 0.421 e. The minimum absolute atomic E-state index is 0.234. The fraction of sp³-hybridized carbons (Fsp3) is 0.364. The fourth-order valence-electron chi connectivity index (χ4n) is 1.19. The van der Waals surface area contributed by atoms with Gasteiger partial charge in [0, 0.05) is 18.8 Å². The molecule has 0 saturated carbocycles. The van der Waals surface area contributed by atoms with E-state index in [1.807, 2.05) is 0 Å². The normalized spacial score (nSPS) is 9.62. The van der Waals surface area contributed by atoms with Crippen LogP contribution < -0.4 is 4.90 Å². The van der Waals surface area contributed by atoms with Gasteiger partial charge in [0.15, 0.2) is 0 Å². The number of hydrogen-bond acceptors (Lipinski definition) is 4. The molecule has 0 saturated heterocycles. The Balaban J connectivity index is 2.97. The molecule has 16 heavy (non-hydrogen) atoms. The Morgan fingerprint density at radius 1 is 1.31 bits per heavy atom. The molecule has 0 unspecified atom stereocenters. The van der Waals surface area contributed by atoms with Crippen molar-refractivity contribution in [3.8, 4) is 0 Å². The maximum absolute atomic E-state index is 11.6. The number of carbonyl (C=O) groups excluding carboxylic acids is 2. The molecule has 0 fully saturated rings. The van der Waals surface area contributed by atoms with Crippen LogP contribution in [0.5, 0.6) is 0 Å². The molecule has 1 aromatic rings. The van der Waals surface area contributed by atoms with Gasteiger partial charge in [0.25, 0.3) is 0 Å². The SMILES string of the molecule is CCOC(=O)N(C(=O)CC)c1ccncc1. The van der Waals surface area contributed by atoms with E-state index in [2.05, 4.69) is 4.98 Å². The number of nitrogens with zero attached hydrogens (tertiary/aromatic N) is 2. The summed E-state index contributed by atoms with van der Waals surface area (Å²) in [6.45, 7) is 3.62. The van der Waals surface area contributed by atoms with Crippen molar-refractivity contribution in [3.05, 3.63) is 24.5 Å². The van der Waals surface area contributed by atoms with E-state index < -0.39 is 6.09 Å². The molecule has 0 spiro atoms. The first kappa shape index (κ1) is 12.2. The van der Waals surface area contributed by atoms with Gasteiger partial charge in [-0.3, -0.25) is 9.78 Å². The summed E-state index contributed by atoms with van der Waals surface area (Å²) < 4.78 is 4.83. The number of aromatic nitrogens is 1. The Hall–Kier alpha value is -1.91. The lowest BCUT2D eigenvalue weighted by molar-refractivity contribution is -0.117. The van der Waals surface area contributed by atoms with Crippen LogP contribution in [0.3, 0.4) is 0 Å². The number of imide groups is 1. The molecule has 0 aliphatic carbocycles. The second-order valence-electron chi connectivity index (χ2n) is 2.99. The van der Waals surface area contributed by atoms with Crippen molar-refractivity contribution in [1.29, 1.82) is 0 Å². The summed E-state index contributed by atoms with van der Waals surface area (Å²) in [6, 6.07) is 3.18. The first-order valence-electron chi connectivity index (χ1n) is 5.10. The highest BCUT2D eigenvalue weighted by molar-refractivity contribution is 6.12. The molecule has 0 N–H and O–H groups in total. The number of hydrogen-bond donors (Lipinski definition) is 0. The van der Waals surface area contributed by atoms with Crippen LogP contribution in [0.1, 0.15) is 20.3 Å². The number of amides is 2. The zero-order valence-electron chi connectivity index (χ0n) is 9.34. The largest absolute Gasteiger partial charge is 0.449 e. The summed E-state index contributed by atoms with van der Waals surface area (Å²) in [5, 5.41) is 0. The Labute approximate surface area is 94.0 Å². The zero-order chi connectivity index (χ0) is 12.0. The van der Waals surface area contributed by atoms with Crippen LogP contribution >= 0.6 is 0 Å². The monoisotopic (exact) mass is 222 g/mol. The molecule has 5 heteroatoms. The van der Waals surface area contributed by atoms with E-state index >= 15 is 0 Å². The maximum atomic E-state index is 11.6. The molecule has 0 bridgehead atoms. The third kappa shape index (κ3) is 2.79. The molecule has 0 atom stereocenters. The first-order valence-corrected chi connectivity index (χ1v) is 5.10. The predicted molar refractivity (Wildman–Crippen MR) is 59.0 cm³/mol. The molecule has 1 aromatic heterocycles. The molecule has 1 heterocycles. The number of carbonyl (C=O) groups is 2. The van der Waals surface area contributed by atoms with Gasteiger partial charge in [0.1, 0.15) is 0 Å². The van der Waals surface area contributed by atoms with Crippen molar-refractivity contribution in [1.82, 2.24) is 4.98 Å². The van der Waals surface area contributed by atoms with E-state index in [-0.39, 0.29) is 18.9 Å². The van der Waals surface area contributed by atoms with Gasteiger partial charge in [0.2, 0.25) is 5.91 Å². The minimum Gasteiger partial charge on any atom is -0.449 e. The highest BCUT2D eigenvalue weighted by Crippen LogP contribution is 2.14. The van der Waals surface area contributed by atoms with E-state index in [0.29, 0.717) is 5.69 Å². The molecule has 0 aliphatic heterocycles. The van der Waals surface area contributed by atoms with Crippen molar-refractivity contribution >= 4 is 17.7 Å². The van der Waals surface area contributed by atoms with Gasteiger partial charge in [-0.1, -0.05) is 6.92 Å². The van der Waals surface area contributed by atoms with E-state index in [1.54, 1.807) is 26.0 Å². The molecule has 2 amide bonds. The van der Waals surface area contributed by atoms with Gasteiger partial charge in [-0.2, -0.15) is 0 Å². The van der Waals surface area contributed by atoms with Crippen LogP contribution in [0, 0.1) is 0 Å². The summed E-state index contributed by atoms with van der Waals surface area (Å²) in [5.74, 6) is -0.301. The topological polar surface area (TPSA) is 59.5 Å². The quantitative estimate of drug-likeness (QED) is 0.784. The second kappa shape index (κ2) is 5.85. The van der Waals surface area contributed by atoms with Crippen LogP contribution in [0.25, 0.3) is 0 Å². The molecule has 5 nitrogen and oxygen atoms in total. The van der Waals surface area contributed by atoms with Crippen molar-refractivity contribution < 1.29 is 14.3 Å². The standard InChI is InChI=1S/C11H14N2O3/c1-3-10(14)13(11(15)16-4-2)9-5-7-12-8-6-9/h5-8H,3-4H2,1-2H3. The molecule has 0 radical (unpaired) electrons. The summed E-state index contributed by atoms with van der Waals surface area (Å²) in [6.07, 6.45) is 2.62. The number of anilines is 1. The first-order chi connectivity index (χ1) is 7.70. The smallest absolute Gasteiger partial charge is 0.421 e. The van der Waals surface area contributed by atoms with Gasteiger partial charge in [-0.15, -0.1) is 0 Å². The zero-order valence-corrected chi connectivity index (χ0v) is 9.34. The van der Waals surface area contributed by atoms with E-state index in [4.69, 9.17) is 4.74 Å². The van der Waals surface area contributed by atoms with Crippen LogP contribution in [-0.4, -0.2) is 23.6 Å². The number of ether oxygens (including phenoxy) is 1. The summed E-state index contributed by atoms with van der Waals surface area (Å²) >= 11 is 0. The van der Waals surface area contributed by atoms with Gasteiger partial charge >= 0.3 is 6.09 Å². The average molecular weight is 222 g/mol. The van der Waals surface area contributed by atoms with Crippen molar-refractivity contribution in [2.45, 2.75) is 20.3 Å². The molecule has 0 aromatic carbocycles. The van der Waals surface area contributed by atoms with Gasteiger partial charge in [-0.25, -0.2) is 9.69 Å². The van der Waals surface area contributed by atoms with Gasteiger partial charge in [-0.05, 0) is 19.1 Å². The lowest BCUT2D eigenvalue weighted by Gasteiger charge is -2.19. The van der Waals surface area contributed by atoms with E-state index in [0.717, 1.165) is 4.90 Å². The van der Waals surface area contributed by atoms with Gasteiger partial charge < -0.3 is 4.74 Å². The number of rotatable bonds is 3. The predicted octanol–water partition coefficient (Wildman–Crippen LogP) is 1.98. The minimum atomic E-state index is -0.652. The lowest BCUT2D eigenvalue weighted by Crippen LogP contribution is -2.37. The third-order valence-electron chi connectivity index (χ3n) is 1.92. The van der Waals surface area contributed by atoms with Crippen molar-refractivity contribution in [2.24, 2.45) is 0 Å². The van der Waals surface area contributed by atoms with Gasteiger partial charge in [0.05, 0.1) is 12.3 Å². The van der Waals surface area contributed by atoms with Crippen LogP contribution in [0.2, 0.25) is 0 Å². The Kier molecular flexibility index (Phi) is 4.44. The fourth-order valence-corrected chi connectivity index (χ4v) is 1.19. The van der Waals surface area contributed by atoms with Crippen molar-refractivity contribution in [3.63, 3.8) is 0 Å². The molecule has 0 aliphatic rings. The highest BCUT2D eigenvalue weighted by Gasteiger charge is 2.22. The summed E-state index contributed by atoms with van der Waals surface area (Å²) in [4.78, 5) is 28.1. The molecular formula is C11H14N2O3. The third-order valence-corrected chi connectivity index (χ3v) is 1.92. The summed E-state index contributed by atoms with van der Waals surface area (Å²) in [5.41, 5.74) is 0.473. The average Bonchev–Trinajstić information content (AvgIpc) is 2.31. The molecule has 1 rings (SSSR count). The van der Waals surface area contributed by atoms with Crippen LogP contribution in [-0.2, 0) is 9.53 Å². The summed E-state index contributed by atoms with van der Waals surface area (Å²) in [7, 11) is 0. The highest BCUT2D eigenvalue weighted by atomic mass is 16.6. The van der Waals surface area contributed by atoms with Crippen molar-refractivity contribution in [2.75, 3.05) is 11.5 Å². The molecular weight excluding hydrogens is 208 g/mol. The van der Waals surface area contributed by atoms with Crippen LogP contribution in [0.15, 0.2) is 24.5 Å². The Morgan fingerprint density at radius 3 is 2.44 bits per heavy atom. The Morgan fingerprint density at radius 2 is 1.94 bits per heavy atom. The lowest BCUT2D eigenvalue weighted by atomic mass is 10.3. The Bertz CT molecular complexity index is 365. The molecule has 86 valence electrons.